The van der Waals surface area contributed by atoms with Gasteiger partial charge in [-0.05, 0) is 25.3 Å². The number of hydrogen-bond donors (Lipinski definition) is 1. The van der Waals surface area contributed by atoms with Crippen LogP contribution in [-0.4, -0.2) is 16.8 Å². The fourth-order valence-corrected chi connectivity index (χ4v) is 2.22. The third kappa shape index (κ3) is 3.34. The first-order valence-electron chi connectivity index (χ1n) is 5.70. The predicted molar refractivity (Wildman–Crippen MR) is 72.2 cm³/mol. The summed E-state index contributed by atoms with van der Waals surface area (Å²) in [7, 11) is 0. The van der Waals surface area contributed by atoms with Crippen molar-refractivity contribution in [3.05, 3.63) is 22.4 Å². The van der Waals surface area contributed by atoms with E-state index in [1.165, 1.54) is 4.88 Å². The van der Waals surface area contributed by atoms with Gasteiger partial charge in [-0.25, -0.2) is 0 Å². The third-order valence-corrected chi connectivity index (χ3v) is 3.39. The van der Waals surface area contributed by atoms with E-state index in [1.807, 2.05) is 0 Å². The molecule has 16 heavy (non-hydrogen) atoms. The second kappa shape index (κ2) is 5.00. The zero-order valence-corrected chi connectivity index (χ0v) is 11.7. The molecule has 0 radical (unpaired) electrons. The highest BCUT2D eigenvalue weighted by molar-refractivity contribution is 7.09. The molecule has 2 nitrogen and oxygen atoms in total. The van der Waals surface area contributed by atoms with Crippen LogP contribution in [0, 0.1) is 10.8 Å². The summed E-state index contributed by atoms with van der Waals surface area (Å²) in [6.07, 6.45) is 0. The SMILES string of the molecule is CC(C)N(Cc1cccs1)C(=N)C(C)(C)C. The van der Waals surface area contributed by atoms with Gasteiger partial charge in [-0.3, -0.25) is 5.41 Å². The quantitative estimate of drug-likeness (QED) is 0.626. The van der Waals surface area contributed by atoms with E-state index in [0.29, 0.717) is 6.04 Å². The van der Waals surface area contributed by atoms with Crippen LogP contribution in [0.4, 0.5) is 0 Å². The summed E-state index contributed by atoms with van der Waals surface area (Å²) < 4.78 is 0. The molecule has 1 aromatic rings. The van der Waals surface area contributed by atoms with Gasteiger partial charge in [0.25, 0.3) is 0 Å². The molecule has 0 spiro atoms. The molecule has 1 N–H and O–H groups in total. The van der Waals surface area contributed by atoms with Crippen LogP contribution in [0.15, 0.2) is 17.5 Å². The largest absolute Gasteiger partial charge is 0.353 e. The Balaban J connectivity index is 2.80. The Morgan fingerprint density at radius 2 is 2.06 bits per heavy atom. The van der Waals surface area contributed by atoms with E-state index in [4.69, 9.17) is 5.41 Å². The van der Waals surface area contributed by atoms with E-state index in [2.05, 4.69) is 57.0 Å². The summed E-state index contributed by atoms with van der Waals surface area (Å²) in [6, 6.07) is 4.57. The lowest BCUT2D eigenvalue weighted by Gasteiger charge is -2.35. The van der Waals surface area contributed by atoms with Gasteiger partial charge in [0.1, 0.15) is 5.84 Å². The minimum Gasteiger partial charge on any atom is -0.353 e. The van der Waals surface area contributed by atoms with Crippen LogP contribution in [0.3, 0.4) is 0 Å². The molecule has 0 aromatic carbocycles. The monoisotopic (exact) mass is 238 g/mol. The van der Waals surface area contributed by atoms with Crippen molar-refractivity contribution in [1.29, 1.82) is 5.41 Å². The van der Waals surface area contributed by atoms with Gasteiger partial charge < -0.3 is 4.90 Å². The lowest BCUT2D eigenvalue weighted by molar-refractivity contribution is 0.306. The summed E-state index contributed by atoms with van der Waals surface area (Å²) in [4.78, 5) is 3.49. The second-order valence-electron chi connectivity index (χ2n) is 5.40. The molecule has 90 valence electrons. The lowest BCUT2D eigenvalue weighted by atomic mass is 9.93. The Bertz CT molecular complexity index is 333. The third-order valence-electron chi connectivity index (χ3n) is 2.53. The smallest absolute Gasteiger partial charge is 0.102 e. The highest BCUT2D eigenvalue weighted by Gasteiger charge is 2.25. The zero-order chi connectivity index (χ0) is 12.3. The minimum absolute atomic E-state index is 0.0818. The summed E-state index contributed by atoms with van der Waals surface area (Å²) in [5.74, 6) is 0.718. The van der Waals surface area contributed by atoms with Crippen LogP contribution in [0.1, 0.15) is 39.5 Å². The van der Waals surface area contributed by atoms with E-state index < -0.39 is 0 Å². The molecule has 1 aromatic heterocycles. The molecule has 0 atom stereocenters. The van der Waals surface area contributed by atoms with E-state index in [-0.39, 0.29) is 5.41 Å². The number of amidine groups is 1. The van der Waals surface area contributed by atoms with Crippen molar-refractivity contribution in [2.24, 2.45) is 5.41 Å². The molecule has 0 fully saturated rings. The predicted octanol–water partition coefficient (Wildman–Crippen LogP) is 3.98. The first-order chi connectivity index (χ1) is 7.32. The summed E-state index contributed by atoms with van der Waals surface area (Å²) >= 11 is 1.76. The highest BCUT2D eigenvalue weighted by atomic mass is 32.1. The van der Waals surface area contributed by atoms with Gasteiger partial charge in [0.05, 0.1) is 6.54 Å². The Hall–Kier alpha value is -0.830. The van der Waals surface area contributed by atoms with Gasteiger partial charge in [-0.1, -0.05) is 26.8 Å². The van der Waals surface area contributed by atoms with Gasteiger partial charge in [0.2, 0.25) is 0 Å². The molecule has 0 bridgehead atoms. The van der Waals surface area contributed by atoms with Gasteiger partial charge >= 0.3 is 0 Å². The highest BCUT2D eigenvalue weighted by Crippen LogP contribution is 2.22. The molecule has 0 amide bonds. The zero-order valence-electron chi connectivity index (χ0n) is 10.9. The number of nitrogens with zero attached hydrogens (tertiary/aromatic N) is 1. The molecule has 0 aliphatic carbocycles. The van der Waals surface area contributed by atoms with Crippen molar-refractivity contribution in [3.63, 3.8) is 0 Å². The van der Waals surface area contributed by atoms with E-state index >= 15 is 0 Å². The molecule has 0 saturated carbocycles. The molecule has 0 unspecified atom stereocenters. The average molecular weight is 238 g/mol. The average Bonchev–Trinajstić information content (AvgIpc) is 2.63. The summed E-state index contributed by atoms with van der Waals surface area (Å²) in [5, 5.41) is 10.4. The van der Waals surface area contributed by atoms with E-state index in [0.717, 1.165) is 12.4 Å². The molecule has 3 heteroatoms. The Labute approximate surface area is 103 Å². The molecular weight excluding hydrogens is 216 g/mol. The summed E-state index contributed by atoms with van der Waals surface area (Å²) in [6.45, 7) is 11.4. The standard InChI is InChI=1S/C13H22N2S/c1-10(2)15(12(14)13(3,4)5)9-11-7-6-8-16-11/h6-8,10,14H,9H2,1-5H3. The molecule has 1 heterocycles. The van der Waals surface area contributed by atoms with Crippen molar-refractivity contribution < 1.29 is 0 Å². The fourth-order valence-electron chi connectivity index (χ4n) is 1.52. The lowest BCUT2D eigenvalue weighted by Crippen LogP contribution is -2.42. The van der Waals surface area contributed by atoms with Crippen molar-refractivity contribution in [2.75, 3.05) is 0 Å². The maximum absolute atomic E-state index is 8.26. The van der Waals surface area contributed by atoms with Crippen LogP contribution >= 0.6 is 11.3 Å². The minimum atomic E-state index is -0.0818. The van der Waals surface area contributed by atoms with Crippen molar-refractivity contribution in [1.82, 2.24) is 4.90 Å². The van der Waals surface area contributed by atoms with Gasteiger partial charge in [-0.2, -0.15) is 0 Å². The van der Waals surface area contributed by atoms with Crippen LogP contribution in [-0.2, 0) is 6.54 Å². The Morgan fingerprint density at radius 1 is 1.44 bits per heavy atom. The molecule has 0 saturated heterocycles. The van der Waals surface area contributed by atoms with Gasteiger partial charge in [0.15, 0.2) is 0 Å². The maximum atomic E-state index is 8.26. The van der Waals surface area contributed by atoms with E-state index in [9.17, 15) is 0 Å². The number of hydrogen-bond acceptors (Lipinski definition) is 2. The van der Waals surface area contributed by atoms with Crippen molar-refractivity contribution in [3.8, 4) is 0 Å². The number of rotatable bonds is 3. The summed E-state index contributed by atoms with van der Waals surface area (Å²) in [5.41, 5.74) is -0.0818. The second-order valence-corrected chi connectivity index (χ2v) is 6.43. The fraction of sp³-hybridized carbons (Fsp3) is 0.615. The molecule has 0 aliphatic heterocycles. The Morgan fingerprint density at radius 3 is 2.44 bits per heavy atom. The van der Waals surface area contributed by atoms with Crippen molar-refractivity contribution >= 4 is 17.2 Å². The molecule has 1 rings (SSSR count). The first-order valence-corrected chi connectivity index (χ1v) is 6.58. The molecular formula is C13H22N2S. The normalized spacial score (nSPS) is 11.9. The van der Waals surface area contributed by atoms with Crippen LogP contribution in [0.25, 0.3) is 0 Å². The topological polar surface area (TPSA) is 27.1 Å². The number of thiophene rings is 1. The Kier molecular flexibility index (Phi) is 4.14. The van der Waals surface area contributed by atoms with E-state index in [1.54, 1.807) is 11.3 Å². The first kappa shape index (κ1) is 13.2. The molecule has 0 aliphatic rings. The van der Waals surface area contributed by atoms with Crippen LogP contribution in [0.5, 0.6) is 0 Å². The van der Waals surface area contributed by atoms with Gasteiger partial charge in [-0.15, -0.1) is 11.3 Å². The van der Waals surface area contributed by atoms with Crippen LogP contribution < -0.4 is 0 Å². The number of nitrogens with one attached hydrogen (secondary N) is 1. The maximum Gasteiger partial charge on any atom is 0.102 e. The van der Waals surface area contributed by atoms with Crippen molar-refractivity contribution in [2.45, 2.75) is 47.2 Å². The van der Waals surface area contributed by atoms with Gasteiger partial charge in [0, 0.05) is 16.3 Å². The van der Waals surface area contributed by atoms with Crippen LogP contribution in [0.2, 0.25) is 0 Å².